The summed E-state index contributed by atoms with van der Waals surface area (Å²) in [6.07, 6.45) is 1.37. The van der Waals surface area contributed by atoms with Crippen molar-refractivity contribution >= 4 is 35.7 Å². The van der Waals surface area contributed by atoms with Crippen LogP contribution in [0.3, 0.4) is 0 Å². The fraction of sp³-hybridized carbons (Fsp3) is 0.500. The molecule has 0 aliphatic carbocycles. The van der Waals surface area contributed by atoms with Gasteiger partial charge in [-0.25, -0.2) is 4.79 Å². The number of halogens is 1. The number of carbonyl (C=O) groups excluding carboxylic acids is 2. The lowest BCUT2D eigenvalue weighted by atomic mass is 9.81. The SMILES string of the molecule is CCNC(=O)Nc1cccc(NC(=O)C(CC)(CC)CN)c1.Cl. The van der Waals surface area contributed by atoms with Gasteiger partial charge >= 0.3 is 6.03 Å². The molecule has 3 amide bonds. The molecule has 0 saturated carbocycles. The molecule has 0 atom stereocenters. The van der Waals surface area contributed by atoms with E-state index in [1.54, 1.807) is 24.3 Å². The Morgan fingerprint density at radius 3 is 2.13 bits per heavy atom. The zero-order chi connectivity index (χ0) is 16.6. The van der Waals surface area contributed by atoms with Gasteiger partial charge in [-0.3, -0.25) is 4.79 Å². The molecular weight excluding hydrogens is 316 g/mol. The van der Waals surface area contributed by atoms with E-state index in [-0.39, 0.29) is 24.3 Å². The van der Waals surface area contributed by atoms with Crippen molar-refractivity contribution in [2.75, 3.05) is 23.7 Å². The summed E-state index contributed by atoms with van der Waals surface area (Å²) in [5, 5.41) is 8.25. The van der Waals surface area contributed by atoms with Crippen LogP contribution in [0.2, 0.25) is 0 Å². The van der Waals surface area contributed by atoms with E-state index in [1.807, 2.05) is 20.8 Å². The van der Waals surface area contributed by atoms with E-state index < -0.39 is 5.41 Å². The van der Waals surface area contributed by atoms with Gasteiger partial charge in [-0.1, -0.05) is 19.9 Å². The minimum absolute atomic E-state index is 0. The third kappa shape index (κ3) is 5.73. The fourth-order valence-electron chi connectivity index (χ4n) is 2.23. The Labute approximate surface area is 144 Å². The van der Waals surface area contributed by atoms with Gasteiger partial charge in [0.1, 0.15) is 0 Å². The molecular formula is C16H27ClN4O2. The molecule has 0 saturated heterocycles. The first-order valence-corrected chi connectivity index (χ1v) is 7.67. The third-order valence-corrected chi connectivity index (χ3v) is 3.94. The van der Waals surface area contributed by atoms with Crippen LogP contribution in [-0.2, 0) is 4.79 Å². The number of nitrogens with two attached hydrogens (primary N) is 1. The van der Waals surface area contributed by atoms with E-state index >= 15 is 0 Å². The highest BCUT2D eigenvalue weighted by atomic mass is 35.5. The molecule has 0 aromatic heterocycles. The largest absolute Gasteiger partial charge is 0.338 e. The second kappa shape index (κ2) is 10.1. The Morgan fingerprint density at radius 1 is 1.09 bits per heavy atom. The van der Waals surface area contributed by atoms with E-state index in [0.717, 1.165) is 0 Å². The monoisotopic (exact) mass is 342 g/mol. The van der Waals surface area contributed by atoms with Gasteiger partial charge in [0.05, 0.1) is 5.41 Å². The lowest BCUT2D eigenvalue weighted by Gasteiger charge is -2.28. The molecule has 0 bridgehead atoms. The van der Waals surface area contributed by atoms with Crippen LogP contribution in [0.4, 0.5) is 16.2 Å². The lowest BCUT2D eigenvalue weighted by molar-refractivity contribution is -0.125. The molecule has 130 valence electrons. The Bertz CT molecular complexity index is 510. The van der Waals surface area contributed by atoms with Gasteiger partial charge < -0.3 is 21.7 Å². The van der Waals surface area contributed by atoms with Gasteiger partial charge in [-0.05, 0) is 38.0 Å². The fourth-order valence-corrected chi connectivity index (χ4v) is 2.23. The zero-order valence-corrected chi connectivity index (χ0v) is 14.8. The van der Waals surface area contributed by atoms with Gasteiger partial charge in [-0.15, -0.1) is 12.4 Å². The maximum Gasteiger partial charge on any atom is 0.319 e. The molecule has 1 rings (SSSR count). The zero-order valence-electron chi connectivity index (χ0n) is 13.9. The van der Waals surface area contributed by atoms with E-state index in [0.29, 0.717) is 37.3 Å². The van der Waals surface area contributed by atoms with Gasteiger partial charge in [0.2, 0.25) is 5.91 Å². The highest BCUT2D eigenvalue weighted by Crippen LogP contribution is 2.27. The minimum atomic E-state index is -0.553. The molecule has 23 heavy (non-hydrogen) atoms. The summed E-state index contributed by atoms with van der Waals surface area (Å²) < 4.78 is 0. The normalized spacial score (nSPS) is 10.4. The van der Waals surface area contributed by atoms with Crippen molar-refractivity contribution in [1.29, 1.82) is 0 Å². The van der Waals surface area contributed by atoms with Gasteiger partial charge in [-0.2, -0.15) is 0 Å². The first-order chi connectivity index (χ1) is 10.5. The van der Waals surface area contributed by atoms with Crippen LogP contribution in [0.15, 0.2) is 24.3 Å². The van der Waals surface area contributed by atoms with Crippen LogP contribution in [0, 0.1) is 5.41 Å². The second-order valence-electron chi connectivity index (χ2n) is 5.21. The standard InChI is InChI=1S/C16H26N4O2.ClH/c1-4-16(5-2,11-17)14(21)19-12-8-7-9-13(10-12)20-15(22)18-6-3;/h7-10H,4-6,11,17H2,1-3H3,(H,19,21)(H2,18,20,22);1H. The van der Waals surface area contributed by atoms with Crippen molar-refractivity contribution in [2.24, 2.45) is 11.1 Å². The van der Waals surface area contributed by atoms with Crippen molar-refractivity contribution in [3.8, 4) is 0 Å². The minimum Gasteiger partial charge on any atom is -0.338 e. The molecule has 5 N–H and O–H groups in total. The third-order valence-electron chi connectivity index (χ3n) is 3.94. The molecule has 6 nitrogen and oxygen atoms in total. The highest BCUT2D eigenvalue weighted by molar-refractivity contribution is 5.96. The van der Waals surface area contributed by atoms with Gasteiger partial charge in [0.25, 0.3) is 0 Å². The molecule has 1 aromatic rings. The van der Waals surface area contributed by atoms with Crippen LogP contribution in [0.1, 0.15) is 33.6 Å². The maximum absolute atomic E-state index is 12.5. The molecule has 0 fully saturated rings. The van der Waals surface area contributed by atoms with E-state index in [9.17, 15) is 9.59 Å². The summed E-state index contributed by atoms with van der Waals surface area (Å²) in [5.41, 5.74) is 6.49. The summed E-state index contributed by atoms with van der Waals surface area (Å²) in [7, 11) is 0. The first kappa shape index (κ1) is 21.2. The summed E-state index contributed by atoms with van der Waals surface area (Å²) in [6.45, 7) is 6.63. The maximum atomic E-state index is 12.5. The Balaban J connectivity index is 0.00000484. The van der Waals surface area contributed by atoms with Crippen molar-refractivity contribution in [3.05, 3.63) is 24.3 Å². The second-order valence-corrected chi connectivity index (χ2v) is 5.21. The quantitative estimate of drug-likeness (QED) is 0.613. The molecule has 0 heterocycles. The van der Waals surface area contributed by atoms with Crippen molar-refractivity contribution < 1.29 is 9.59 Å². The first-order valence-electron chi connectivity index (χ1n) is 7.67. The lowest BCUT2D eigenvalue weighted by Crippen LogP contribution is -2.41. The average Bonchev–Trinajstić information content (AvgIpc) is 2.50. The summed E-state index contributed by atoms with van der Waals surface area (Å²) >= 11 is 0. The predicted octanol–water partition coefficient (Wildman–Crippen LogP) is 2.95. The molecule has 0 radical (unpaired) electrons. The van der Waals surface area contributed by atoms with Crippen LogP contribution in [0.5, 0.6) is 0 Å². The van der Waals surface area contributed by atoms with Crippen LogP contribution >= 0.6 is 12.4 Å². The number of nitrogens with one attached hydrogen (secondary N) is 3. The summed E-state index contributed by atoms with van der Waals surface area (Å²) in [5.74, 6) is -0.0878. The number of anilines is 2. The van der Waals surface area contributed by atoms with E-state index in [4.69, 9.17) is 5.73 Å². The molecule has 0 unspecified atom stereocenters. The van der Waals surface area contributed by atoms with Crippen molar-refractivity contribution in [2.45, 2.75) is 33.6 Å². The van der Waals surface area contributed by atoms with Crippen LogP contribution in [-0.4, -0.2) is 25.0 Å². The molecule has 0 aliphatic rings. The highest BCUT2D eigenvalue weighted by Gasteiger charge is 2.33. The number of rotatable bonds is 7. The van der Waals surface area contributed by atoms with Crippen LogP contribution < -0.4 is 21.7 Å². The molecule has 7 heteroatoms. The number of amides is 3. The topological polar surface area (TPSA) is 96.2 Å². The Kier molecular flexibility index (Phi) is 9.29. The van der Waals surface area contributed by atoms with Crippen LogP contribution in [0.25, 0.3) is 0 Å². The number of hydrogen-bond donors (Lipinski definition) is 4. The molecule has 1 aromatic carbocycles. The Morgan fingerprint density at radius 2 is 1.65 bits per heavy atom. The molecule has 0 spiro atoms. The number of carbonyl (C=O) groups is 2. The molecule has 0 aliphatic heterocycles. The van der Waals surface area contributed by atoms with E-state index in [1.165, 1.54) is 0 Å². The predicted molar refractivity (Wildman–Crippen MR) is 97.1 cm³/mol. The summed E-state index contributed by atoms with van der Waals surface area (Å²) in [6, 6.07) is 6.77. The smallest absolute Gasteiger partial charge is 0.319 e. The van der Waals surface area contributed by atoms with Crippen molar-refractivity contribution in [3.63, 3.8) is 0 Å². The number of hydrogen-bond acceptors (Lipinski definition) is 3. The summed E-state index contributed by atoms with van der Waals surface area (Å²) in [4.78, 5) is 24.0. The van der Waals surface area contributed by atoms with Gasteiger partial charge in [0.15, 0.2) is 0 Å². The Hall–Kier alpha value is -1.79. The number of urea groups is 1. The average molecular weight is 343 g/mol. The van der Waals surface area contributed by atoms with Gasteiger partial charge in [0, 0.05) is 24.5 Å². The van der Waals surface area contributed by atoms with Crippen molar-refractivity contribution in [1.82, 2.24) is 5.32 Å². The van der Waals surface area contributed by atoms with E-state index in [2.05, 4.69) is 16.0 Å². The number of benzene rings is 1.